The fraction of sp³-hybridized carbons (Fsp3) is 0.467. The highest BCUT2D eigenvalue weighted by Crippen LogP contribution is 2.33. The molecule has 0 bridgehead atoms. The number of anilines is 2. The van der Waals surface area contributed by atoms with Gasteiger partial charge in [-0.3, -0.25) is 0 Å². The molecule has 4 N–H and O–H groups in total. The summed E-state index contributed by atoms with van der Waals surface area (Å²) >= 11 is 0. The Bertz CT molecular complexity index is 1260. The second-order valence-corrected chi connectivity index (χ2v) is 13.9. The standard InChI is InChI=1S/C45H62N2/c1-3-5-7-9-11-13-15-17-44(40-27-31-42(46)32-28-40)38-23-19-36(20-24-38)35-37-21-25-39(26-22-37)45(41-29-33-43(47)34-30-41)18-16-14-12-10-8-6-4-2/h19-34,44-45H,3-18,35,46-47H2,1-2H3. The molecule has 0 saturated heterocycles. The third kappa shape index (κ3) is 12.5. The van der Waals surface area contributed by atoms with Crippen LogP contribution in [0.4, 0.5) is 11.4 Å². The molecule has 252 valence electrons. The van der Waals surface area contributed by atoms with Crippen molar-refractivity contribution in [2.24, 2.45) is 0 Å². The van der Waals surface area contributed by atoms with Crippen molar-refractivity contribution in [3.8, 4) is 0 Å². The molecule has 4 rings (SSSR count). The van der Waals surface area contributed by atoms with E-state index in [0.29, 0.717) is 11.8 Å². The van der Waals surface area contributed by atoms with Crippen molar-refractivity contribution in [2.45, 2.75) is 135 Å². The first-order valence-corrected chi connectivity index (χ1v) is 19.0. The van der Waals surface area contributed by atoms with Gasteiger partial charge in [-0.1, -0.05) is 177 Å². The van der Waals surface area contributed by atoms with E-state index in [-0.39, 0.29) is 0 Å². The summed E-state index contributed by atoms with van der Waals surface area (Å²) in [6.45, 7) is 4.58. The number of nitrogens with two attached hydrogens (primary N) is 2. The Hall–Kier alpha value is -3.52. The molecule has 0 saturated carbocycles. The molecule has 0 fully saturated rings. The predicted molar refractivity (Wildman–Crippen MR) is 206 cm³/mol. The fourth-order valence-electron chi connectivity index (χ4n) is 7.09. The predicted octanol–water partition coefficient (Wildman–Crippen LogP) is 13.0. The van der Waals surface area contributed by atoms with Gasteiger partial charge in [0, 0.05) is 23.2 Å². The van der Waals surface area contributed by atoms with Gasteiger partial charge in [0.05, 0.1) is 0 Å². The van der Waals surface area contributed by atoms with Crippen molar-refractivity contribution in [3.63, 3.8) is 0 Å². The minimum atomic E-state index is 0.418. The van der Waals surface area contributed by atoms with Crippen LogP contribution in [0.25, 0.3) is 0 Å². The molecule has 4 aromatic rings. The Balaban J connectivity index is 1.38. The van der Waals surface area contributed by atoms with Crippen LogP contribution in [0.5, 0.6) is 0 Å². The molecule has 0 radical (unpaired) electrons. The van der Waals surface area contributed by atoms with Crippen LogP contribution in [0.15, 0.2) is 97.1 Å². The van der Waals surface area contributed by atoms with Crippen molar-refractivity contribution < 1.29 is 0 Å². The lowest BCUT2D eigenvalue weighted by Crippen LogP contribution is -2.03. The van der Waals surface area contributed by atoms with Crippen LogP contribution < -0.4 is 11.5 Å². The maximum atomic E-state index is 6.04. The van der Waals surface area contributed by atoms with Crippen LogP contribution >= 0.6 is 0 Å². The Morgan fingerprint density at radius 2 is 0.638 bits per heavy atom. The molecule has 2 nitrogen and oxygen atoms in total. The molecule has 0 aliphatic rings. The van der Waals surface area contributed by atoms with Crippen LogP contribution in [0.3, 0.4) is 0 Å². The summed E-state index contributed by atoms with van der Waals surface area (Å²) in [5.41, 5.74) is 22.1. The van der Waals surface area contributed by atoms with E-state index in [1.54, 1.807) is 0 Å². The summed E-state index contributed by atoms with van der Waals surface area (Å²) in [5, 5.41) is 0. The number of hydrogen-bond acceptors (Lipinski definition) is 2. The van der Waals surface area contributed by atoms with E-state index in [1.165, 1.54) is 136 Å². The van der Waals surface area contributed by atoms with Crippen LogP contribution in [0, 0.1) is 0 Å². The largest absolute Gasteiger partial charge is 0.399 e. The Morgan fingerprint density at radius 1 is 0.362 bits per heavy atom. The van der Waals surface area contributed by atoms with E-state index in [9.17, 15) is 0 Å². The van der Waals surface area contributed by atoms with E-state index in [1.807, 2.05) is 0 Å². The molecule has 0 spiro atoms. The van der Waals surface area contributed by atoms with Crippen LogP contribution in [0.1, 0.15) is 162 Å². The van der Waals surface area contributed by atoms with Gasteiger partial charge in [0.25, 0.3) is 0 Å². The van der Waals surface area contributed by atoms with Gasteiger partial charge in [-0.25, -0.2) is 0 Å². The zero-order valence-corrected chi connectivity index (χ0v) is 29.6. The van der Waals surface area contributed by atoms with Gasteiger partial charge in [-0.15, -0.1) is 0 Å². The smallest absolute Gasteiger partial charge is 0.0314 e. The Kier molecular flexibility index (Phi) is 16.0. The van der Waals surface area contributed by atoms with Crippen LogP contribution in [-0.2, 0) is 6.42 Å². The normalized spacial score (nSPS) is 12.6. The van der Waals surface area contributed by atoms with E-state index < -0.39 is 0 Å². The zero-order valence-electron chi connectivity index (χ0n) is 29.6. The first kappa shape index (κ1) is 36.3. The molecule has 4 aromatic carbocycles. The maximum Gasteiger partial charge on any atom is 0.0314 e. The summed E-state index contributed by atoms with van der Waals surface area (Å²) < 4.78 is 0. The highest BCUT2D eigenvalue weighted by Gasteiger charge is 2.16. The molecule has 0 aliphatic carbocycles. The highest BCUT2D eigenvalue weighted by atomic mass is 14.5. The average molecular weight is 631 g/mol. The molecule has 0 amide bonds. The molecule has 0 aliphatic heterocycles. The van der Waals surface area contributed by atoms with Crippen molar-refractivity contribution in [1.82, 2.24) is 0 Å². The lowest BCUT2D eigenvalue weighted by atomic mass is 9.85. The fourth-order valence-corrected chi connectivity index (χ4v) is 7.09. The quantitative estimate of drug-likeness (QED) is 0.0670. The van der Waals surface area contributed by atoms with Gasteiger partial charge in [-0.05, 0) is 76.9 Å². The summed E-state index contributed by atoms with van der Waals surface area (Å²) in [6.07, 6.45) is 22.1. The number of rotatable bonds is 22. The van der Waals surface area contributed by atoms with Crippen LogP contribution in [0.2, 0.25) is 0 Å². The second kappa shape index (κ2) is 20.7. The first-order valence-electron chi connectivity index (χ1n) is 19.0. The molecule has 47 heavy (non-hydrogen) atoms. The van der Waals surface area contributed by atoms with E-state index in [4.69, 9.17) is 11.5 Å². The van der Waals surface area contributed by atoms with Gasteiger partial charge in [0.15, 0.2) is 0 Å². The topological polar surface area (TPSA) is 52.0 Å². The molecular formula is C45H62N2. The molecule has 0 aromatic heterocycles. The minimum absolute atomic E-state index is 0.418. The molecule has 0 heterocycles. The summed E-state index contributed by atoms with van der Waals surface area (Å²) in [7, 11) is 0. The Labute approximate surface area is 287 Å². The number of unbranched alkanes of at least 4 members (excludes halogenated alkanes) is 12. The summed E-state index contributed by atoms with van der Waals surface area (Å²) in [6, 6.07) is 35.9. The number of nitrogen functional groups attached to an aromatic ring is 2. The minimum Gasteiger partial charge on any atom is -0.399 e. The van der Waals surface area contributed by atoms with Gasteiger partial charge in [0.1, 0.15) is 0 Å². The van der Waals surface area contributed by atoms with Crippen molar-refractivity contribution >= 4 is 11.4 Å². The lowest BCUT2D eigenvalue weighted by molar-refractivity contribution is 0.558. The van der Waals surface area contributed by atoms with E-state index in [2.05, 4.69) is 111 Å². The Morgan fingerprint density at radius 3 is 0.957 bits per heavy atom. The van der Waals surface area contributed by atoms with Gasteiger partial charge in [0.2, 0.25) is 0 Å². The highest BCUT2D eigenvalue weighted by molar-refractivity contribution is 5.45. The van der Waals surface area contributed by atoms with Crippen molar-refractivity contribution in [2.75, 3.05) is 11.5 Å². The van der Waals surface area contributed by atoms with Gasteiger partial charge >= 0.3 is 0 Å². The molecular weight excluding hydrogens is 569 g/mol. The summed E-state index contributed by atoms with van der Waals surface area (Å²) in [5.74, 6) is 0.836. The SMILES string of the molecule is CCCCCCCCCC(c1ccc(N)cc1)c1ccc(Cc2ccc(C(CCCCCCCCC)c3ccc(N)cc3)cc2)cc1. The zero-order chi connectivity index (χ0) is 33.1. The monoisotopic (exact) mass is 630 g/mol. The summed E-state index contributed by atoms with van der Waals surface area (Å²) in [4.78, 5) is 0. The third-order valence-corrected chi connectivity index (χ3v) is 10.0. The number of hydrogen-bond donors (Lipinski definition) is 2. The lowest BCUT2D eigenvalue weighted by Gasteiger charge is -2.20. The number of benzene rings is 4. The third-order valence-electron chi connectivity index (χ3n) is 10.0. The van der Waals surface area contributed by atoms with Gasteiger partial charge in [-0.2, -0.15) is 0 Å². The van der Waals surface area contributed by atoms with E-state index in [0.717, 1.165) is 17.8 Å². The van der Waals surface area contributed by atoms with Crippen molar-refractivity contribution in [3.05, 3.63) is 130 Å². The van der Waals surface area contributed by atoms with Crippen LogP contribution in [-0.4, -0.2) is 0 Å². The molecule has 2 heteroatoms. The average Bonchev–Trinajstić information content (AvgIpc) is 3.09. The van der Waals surface area contributed by atoms with E-state index >= 15 is 0 Å². The maximum absolute atomic E-state index is 6.04. The molecule has 2 atom stereocenters. The second-order valence-electron chi connectivity index (χ2n) is 13.9. The van der Waals surface area contributed by atoms with Gasteiger partial charge < -0.3 is 11.5 Å². The first-order chi connectivity index (χ1) is 23.1. The molecule has 2 unspecified atom stereocenters. The van der Waals surface area contributed by atoms with Crippen molar-refractivity contribution in [1.29, 1.82) is 0 Å².